The molecular weight excluding hydrogens is 539 g/mol. The quantitative estimate of drug-likeness (QED) is 0.296. The predicted octanol–water partition coefficient (Wildman–Crippen LogP) is 5.61. The number of carbonyl (C=O) groups excluding carboxylic acids is 2. The molecule has 0 aliphatic carbocycles. The Hall–Kier alpha value is -4.09. The average molecular weight is 570 g/mol. The number of urea groups is 1. The summed E-state index contributed by atoms with van der Waals surface area (Å²) in [6, 6.07) is 18.1. The van der Waals surface area contributed by atoms with Gasteiger partial charge in [0, 0.05) is 22.9 Å². The van der Waals surface area contributed by atoms with Crippen molar-refractivity contribution in [2.24, 2.45) is 0 Å². The maximum absolute atomic E-state index is 12.8. The lowest BCUT2D eigenvalue weighted by Crippen LogP contribution is -2.47. The second-order valence-electron chi connectivity index (χ2n) is 10.2. The lowest BCUT2D eigenvalue weighted by atomic mass is 9.84. The molecule has 2 aliphatic heterocycles. The van der Waals surface area contributed by atoms with Crippen molar-refractivity contribution in [2.45, 2.75) is 56.2 Å². The van der Waals surface area contributed by atoms with Crippen LogP contribution in [0.5, 0.6) is 5.75 Å². The van der Waals surface area contributed by atoms with Gasteiger partial charge in [0.05, 0.1) is 30.7 Å². The van der Waals surface area contributed by atoms with Crippen molar-refractivity contribution in [2.75, 3.05) is 17.2 Å². The van der Waals surface area contributed by atoms with Gasteiger partial charge in [0.1, 0.15) is 18.0 Å². The van der Waals surface area contributed by atoms with Gasteiger partial charge in [0.15, 0.2) is 0 Å². The normalized spacial score (nSPS) is 22.1. The number of hydrogen-bond donors (Lipinski definition) is 4. The zero-order valence-electron chi connectivity index (χ0n) is 22.2. The monoisotopic (exact) mass is 569 g/mol. The first-order chi connectivity index (χ1) is 19.6. The third-order valence-electron chi connectivity index (χ3n) is 7.32. The van der Waals surface area contributed by atoms with Gasteiger partial charge in [-0.3, -0.25) is 4.79 Å². The van der Waals surface area contributed by atoms with E-state index in [1.54, 1.807) is 18.2 Å². The Morgan fingerprint density at radius 1 is 1.00 bits per heavy atom. The van der Waals surface area contributed by atoms with Crippen LogP contribution in [-0.2, 0) is 15.7 Å². The maximum Gasteiger partial charge on any atom is 0.416 e. The van der Waals surface area contributed by atoms with Crippen molar-refractivity contribution in [3.63, 3.8) is 0 Å². The number of halogens is 3. The highest BCUT2D eigenvalue weighted by Crippen LogP contribution is 2.47. The van der Waals surface area contributed by atoms with Gasteiger partial charge in [-0.1, -0.05) is 30.3 Å². The van der Waals surface area contributed by atoms with Crippen LogP contribution in [0.1, 0.15) is 48.4 Å². The zero-order valence-corrected chi connectivity index (χ0v) is 22.2. The number of nitrogens with one attached hydrogen (secondary N) is 3. The van der Waals surface area contributed by atoms with Crippen LogP contribution in [-0.4, -0.2) is 42.0 Å². The topological polar surface area (TPSA) is 109 Å². The molecule has 0 spiro atoms. The molecule has 8 nitrogen and oxygen atoms in total. The Balaban J connectivity index is 1.23. The summed E-state index contributed by atoms with van der Waals surface area (Å²) in [5.74, 6) is 0.245. The molecule has 0 unspecified atom stereocenters. The van der Waals surface area contributed by atoms with E-state index >= 15 is 0 Å². The van der Waals surface area contributed by atoms with Gasteiger partial charge < -0.3 is 30.5 Å². The lowest BCUT2D eigenvalue weighted by Gasteiger charge is -2.37. The van der Waals surface area contributed by atoms with Crippen molar-refractivity contribution in [3.8, 4) is 5.75 Å². The fourth-order valence-corrected chi connectivity index (χ4v) is 5.34. The smallest absolute Gasteiger partial charge is 0.416 e. The molecule has 5 rings (SSSR count). The largest absolute Gasteiger partial charge is 0.487 e. The minimum atomic E-state index is -4.46. The van der Waals surface area contributed by atoms with E-state index in [-0.39, 0.29) is 36.6 Å². The molecule has 3 amide bonds. The molecule has 1 fully saturated rings. The fraction of sp³-hybridized carbons (Fsp3) is 0.333. The molecule has 5 atom stereocenters. The van der Waals surface area contributed by atoms with E-state index < -0.39 is 36.1 Å². The van der Waals surface area contributed by atoms with Gasteiger partial charge >= 0.3 is 12.2 Å². The van der Waals surface area contributed by atoms with E-state index in [2.05, 4.69) is 16.0 Å². The summed E-state index contributed by atoms with van der Waals surface area (Å²) in [5, 5.41) is 18.2. The average Bonchev–Trinajstić information content (AvgIpc) is 3.30. The van der Waals surface area contributed by atoms with Crippen LogP contribution in [0.4, 0.5) is 29.3 Å². The highest BCUT2D eigenvalue weighted by molar-refractivity contribution is 5.99. The Bertz CT molecular complexity index is 1380. The van der Waals surface area contributed by atoms with Gasteiger partial charge in [-0.25, -0.2) is 4.79 Å². The number of fused-ring (bicyclic) bond motifs is 3. The first kappa shape index (κ1) is 28.4. The van der Waals surface area contributed by atoms with Gasteiger partial charge in [-0.15, -0.1) is 0 Å². The Kier molecular flexibility index (Phi) is 8.18. The summed E-state index contributed by atoms with van der Waals surface area (Å²) in [4.78, 5) is 25.4. The molecule has 216 valence electrons. The van der Waals surface area contributed by atoms with Crippen LogP contribution in [0, 0.1) is 0 Å². The number of aliphatic hydroxyl groups is 1. The number of alkyl halides is 3. The number of rotatable bonds is 7. The summed E-state index contributed by atoms with van der Waals surface area (Å²) in [5.41, 5.74) is 1.65. The van der Waals surface area contributed by atoms with Crippen LogP contribution in [0.15, 0.2) is 72.8 Å². The van der Waals surface area contributed by atoms with Crippen molar-refractivity contribution in [1.82, 2.24) is 5.32 Å². The van der Waals surface area contributed by atoms with Crippen LogP contribution >= 0.6 is 0 Å². The molecule has 3 aromatic carbocycles. The number of hydrogen-bond acceptors (Lipinski definition) is 5. The van der Waals surface area contributed by atoms with E-state index in [0.29, 0.717) is 17.9 Å². The lowest BCUT2D eigenvalue weighted by molar-refractivity contribution is -0.142. The maximum atomic E-state index is 12.8. The van der Waals surface area contributed by atoms with Crippen LogP contribution < -0.4 is 20.7 Å². The van der Waals surface area contributed by atoms with E-state index in [9.17, 15) is 27.9 Å². The molecule has 2 heterocycles. The molecule has 0 bridgehead atoms. The number of carbonyl (C=O) groups is 2. The van der Waals surface area contributed by atoms with E-state index in [1.165, 1.54) is 12.1 Å². The molecule has 0 saturated carbocycles. The summed E-state index contributed by atoms with van der Waals surface area (Å²) in [6.07, 6.45) is -5.42. The predicted molar refractivity (Wildman–Crippen MR) is 146 cm³/mol. The standard InChI is InChI=1S/C30H30F3N3O5/c1-17(18-5-3-2-4-6-18)34-27(38)15-22-14-24-23-13-21(11-12-25(23)41-28(24)26(16-37)40-22)36-29(39)35-20-9-7-19(8-10-20)30(31,32)33/h2-13,17,22,24,26,28,37H,14-16H2,1H3,(H,34,38)(H2,35,36,39)/t17-,22-,24+,26+,28-/m0/s1. The molecule has 41 heavy (non-hydrogen) atoms. The van der Waals surface area contributed by atoms with Gasteiger partial charge in [0.25, 0.3) is 0 Å². The fourth-order valence-electron chi connectivity index (χ4n) is 5.34. The highest BCUT2D eigenvalue weighted by Gasteiger charge is 2.46. The van der Waals surface area contributed by atoms with Crippen LogP contribution in [0.2, 0.25) is 0 Å². The summed E-state index contributed by atoms with van der Waals surface area (Å²) >= 11 is 0. The van der Waals surface area contributed by atoms with Gasteiger partial charge in [0.2, 0.25) is 5.91 Å². The number of anilines is 2. The minimum Gasteiger partial charge on any atom is -0.487 e. The third kappa shape index (κ3) is 6.63. The Labute approximate surface area is 234 Å². The summed E-state index contributed by atoms with van der Waals surface area (Å²) in [7, 11) is 0. The third-order valence-corrected chi connectivity index (χ3v) is 7.32. The summed E-state index contributed by atoms with van der Waals surface area (Å²) < 4.78 is 50.5. The molecule has 0 aromatic heterocycles. The second-order valence-corrected chi connectivity index (χ2v) is 10.2. The number of amides is 3. The highest BCUT2D eigenvalue weighted by atomic mass is 19.4. The van der Waals surface area contributed by atoms with E-state index in [4.69, 9.17) is 9.47 Å². The van der Waals surface area contributed by atoms with Gasteiger partial charge in [-0.2, -0.15) is 13.2 Å². The zero-order chi connectivity index (χ0) is 29.1. The number of benzene rings is 3. The minimum absolute atomic E-state index is 0.111. The molecular formula is C30H30F3N3O5. The van der Waals surface area contributed by atoms with E-state index in [0.717, 1.165) is 23.3 Å². The van der Waals surface area contributed by atoms with Gasteiger partial charge in [-0.05, 0) is 61.4 Å². The molecule has 0 radical (unpaired) electrons. The van der Waals surface area contributed by atoms with E-state index in [1.807, 2.05) is 37.3 Å². The second kappa shape index (κ2) is 11.8. The van der Waals surface area contributed by atoms with Crippen LogP contribution in [0.3, 0.4) is 0 Å². The molecule has 1 saturated heterocycles. The van der Waals surface area contributed by atoms with Crippen molar-refractivity contribution in [3.05, 3.63) is 89.5 Å². The molecule has 4 N–H and O–H groups in total. The van der Waals surface area contributed by atoms with Crippen LogP contribution in [0.25, 0.3) is 0 Å². The van der Waals surface area contributed by atoms with Crippen molar-refractivity contribution < 1.29 is 37.3 Å². The Morgan fingerprint density at radius 2 is 1.68 bits per heavy atom. The first-order valence-corrected chi connectivity index (χ1v) is 13.3. The molecule has 11 heteroatoms. The Morgan fingerprint density at radius 3 is 2.37 bits per heavy atom. The van der Waals surface area contributed by atoms with Crippen molar-refractivity contribution in [1.29, 1.82) is 0 Å². The molecule has 3 aromatic rings. The first-order valence-electron chi connectivity index (χ1n) is 13.3. The number of aliphatic hydroxyl groups excluding tert-OH is 1. The molecule has 2 aliphatic rings. The van der Waals surface area contributed by atoms with Crippen molar-refractivity contribution >= 4 is 23.3 Å². The summed E-state index contributed by atoms with van der Waals surface area (Å²) in [6.45, 7) is 1.62. The SMILES string of the molecule is C[C@H](NC(=O)C[C@@H]1C[C@@H]2c3cc(NC(=O)Nc4ccc(C(F)(F)F)cc4)ccc3O[C@@H]2[C@@H](CO)O1)c1ccccc1. The number of ether oxygens (including phenoxy) is 2.